The summed E-state index contributed by atoms with van der Waals surface area (Å²) < 4.78 is 10.1. The predicted molar refractivity (Wildman–Crippen MR) is 141 cm³/mol. The van der Waals surface area contributed by atoms with E-state index < -0.39 is 35.9 Å². The fraction of sp³-hybridized carbons (Fsp3) is 0.296. The van der Waals surface area contributed by atoms with Crippen molar-refractivity contribution >= 4 is 40.3 Å². The quantitative estimate of drug-likeness (QED) is 0.314. The summed E-state index contributed by atoms with van der Waals surface area (Å²) in [7, 11) is 2.81. The molecule has 4 rings (SSSR count). The number of carbonyl (C=O) groups is 4. The summed E-state index contributed by atoms with van der Waals surface area (Å²) in [4.78, 5) is 57.0. The van der Waals surface area contributed by atoms with Crippen molar-refractivity contribution in [1.82, 2.24) is 15.2 Å². The Hall–Kier alpha value is -4.25. The fourth-order valence-electron chi connectivity index (χ4n) is 4.26. The molecule has 1 saturated heterocycles. The predicted octanol–water partition coefficient (Wildman–Crippen LogP) is 3.90. The van der Waals surface area contributed by atoms with Gasteiger partial charge in [0.05, 0.1) is 14.2 Å². The van der Waals surface area contributed by atoms with Crippen LogP contribution in [0.4, 0.5) is 9.93 Å². The highest BCUT2D eigenvalue weighted by Crippen LogP contribution is 2.32. The monoisotopic (exact) mass is 536 g/mol. The number of amides is 4. The van der Waals surface area contributed by atoms with E-state index in [1.807, 2.05) is 50.2 Å². The molecule has 2 N–H and O–H groups in total. The largest absolute Gasteiger partial charge is 0.496 e. The molecule has 0 radical (unpaired) electrons. The lowest BCUT2D eigenvalue weighted by atomic mass is 9.96. The Morgan fingerprint density at radius 1 is 1.13 bits per heavy atom. The topological polar surface area (TPSA) is 127 Å². The second-order valence-corrected chi connectivity index (χ2v) is 9.83. The summed E-state index contributed by atoms with van der Waals surface area (Å²) in [6, 6.07) is 11.6. The minimum atomic E-state index is -1.16. The summed E-state index contributed by atoms with van der Waals surface area (Å²) in [5.74, 6) is -0.979. The van der Waals surface area contributed by atoms with Gasteiger partial charge in [-0.3, -0.25) is 9.59 Å². The minimum Gasteiger partial charge on any atom is -0.496 e. The van der Waals surface area contributed by atoms with Crippen LogP contribution >= 0.6 is 11.3 Å². The van der Waals surface area contributed by atoms with Gasteiger partial charge in [-0.1, -0.05) is 50.2 Å². The molecular weight excluding hydrogens is 508 g/mol. The molecule has 38 heavy (non-hydrogen) atoms. The Kier molecular flexibility index (Phi) is 8.06. The summed E-state index contributed by atoms with van der Waals surface area (Å²) >= 11 is 1.03. The van der Waals surface area contributed by atoms with Crippen LogP contribution in [0.25, 0.3) is 0 Å². The number of rotatable bonds is 9. The van der Waals surface area contributed by atoms with Crippen molar-refractivity contribution in [1.29, 1.82) is 0 Å². The number of carbonyl (C=O) groups excluding carboxylic acids is 4. The Balaban J connectivity index is 1.64. The highest BCUT2D eigenvalue weighted by Gasteiger charge is 2.45. The molecule has 11 heteroatoms. The van der Waals surface area contributed by atoms with Crippen molar-refractivity contribution in [3.8, 4) is 5.75 Å². The maximum Gasteiger partial charge on any atom is 0.357 e. The zero-order chi connectivity index (χ0) is 27.4. The zero-order valence-corrected chi connectivity index (χ0v) is 22.2. The third-order valence-electron chi connectivity index (χ3n) is 6.20. The van der Waals surface area contributed by atoms with Crippen LogP contribution in [0.3, 0.4) is 0 Å². The number of aromatic nitrogens is 1. The van der Waals surface area contributed by atoms with E-state index in [9.17, 15) is 19.2 Å². The molecule has 198 valence electrons. The van der Waals surface area contributed by atoms with E-state index in [1.165, 1.54) is 12.5 Å². The van der Waals surface area contributed by atoms with E-state index in [1.54, 1.807) is 19.2 Å². The van der Waals surface area contributed by atoms with Crippen molar-refractivity contribution in [3.05, 3.63) is 76.3 Å². The van der Waals surface area contributed by atoms with Gasteiger partial charge in [0.25, 0.3) is 5.91 Å². The van der Waals surface area contributed by atoms with E-state index in [4.69, 9.17) is 4.74 Å². The van der Waals surface area contributed by atoms with Gasteiger partial charge in [0.1, 0.15) is 17.8 Å². The van der Waals surface area contributed by atoms with Crippen molar-refractivity contribution in [2.75, 3.05) is 19.5 Å². The Morgan fingerprint density at radius 3 is 2.53 bits per heavy atom. The molecule has 1 aliphatic rings. The summed E-state index contributed by atoms with van der Waals surface area (Å²) in [6.45, 7) is 4.01. The summed E-state index contributed by atoms with van der Waals surface area (Å²) in [5.41, 5.74) is 2.30. The normalized spacial score (nSPS) is 15.8. The van der Waals surface area contributed by atoms with Crippen molar-refractivity contribution in [2.45, 2.75) is 38.3 Å². The SMILES string of the molecule is COC(=O)c1csc(NC(=O)[C@H](Cc2ccccc2)N2C(=O)NC(c3ccc(OC)c(C(C)C)c3)C2=O)n1. The van der Waals surface area contributed by atoms with Gasteiger partial charge in [-0.2, -0.15) is 0 Å². The molecule has 0 aliphatic carbocycles. The maximum atomic E-state index is 13.6. The highest BCUT2D eigenvalue weighted by atomic mass is 32.1. The van der Waals surface area contributed by atoms with E-state index in [0.29, 0.717) is 11.3 Å². The first-order chi connectivity index (χ1) is 18.2. The van der Waals surface area contributed by atoms with Gasteiger partial charge in [0.2, 0.25) is 5.91 Å². The lowest BCUT2D eigenvalue weighted by Crippen LogP contribution is -2.49. The molecule has 0 bridgehead atoms. The van der Waals surface area contributed by atoms with Gasteiger partial charge in [0, 0.05) is 11.8 Å². The molecule has 1 unspecified atom stereocenters. The van der Waals surface area contributed by atoms with Gasteiger partial charge in [0.15, 0.2) is 10.8 Å². The van der Waals surface area contributed by atoms with Gasteiger partial charge in [-0.25, -0.2) is 19.5 Å². The molecule has 0 saturated carbocycles. The standard InChI is InChI=1S/C27H28N4O6S/c1-15(2)18-13-17(10-11-21(18)36-3)22-24(33)31(27(35)29-22)20(12-16-8-6-5-7-9-16)23(32)30-26-28-19(14-38-26)25(34)37-4/h5-11,13-15,20,22H,12H2,1-4H3,(H,29,35)(H,28,30,32)/t20-,22?/m0/s1. The van der Waals surface area contributed by atoms with Crippen LogP contribution in [0.2, 0.25) is 0 Å². The third-order valence-corrected chi connectivity index (χ3v) is 6.95. The summed E-state index contributed by atoms with van der Waals surface area (Å²) in [5, 5.41) is 6.97. The second-order valence-electron chi connectivity index (χ2n) is 8.97. The number of ether oxygens (including phenoxy) is 2. The molecule has 4 amide bonds. The lowest BCUT2D eigenvalue weighted by Gasteiger charge is -2.24. The molecule has 10 nitrogen and oxygen atoms in total. The Labute approximate surface area is 224 Å². The van der Waals surface area contributed by atoms with E-state index in [2.05, 4.69) is 20.4 Å². The van der Waals surface area contributed by atoms with Crippen LogP contribution < -0.4 is 15.4 Å². The van der Waals surface area contributed by atoms with Gasteiger partial charge >= 0.3 is 12.0 Å². The van der Waals surface area contributed by atoms with Crippen LogP contribution in [-0.2, 0) is 20.7 Å². The van der Waals surface area contributed by atoms with Crippen molar-refractivity contribution in [2.24, 2.45) is 0 Å². The van der Waals surface area contributed by atoms with E-state index in [0.717, 1.165) is 27.4 Å². The van der Waals surface area contributed by atoms with Crippen molar-refractivity contribution < 1.29 is 28.7 Å². The number of anilines is 1. The molecule has 1 aliphatic heterocycles. The van der Waals surface area contributed by atoms with Crippen LogP contribution in [0.15, 0.2) is 53.9 Å². The van der Waals surface area contributed by atoms with Crippen LogP contribution in [0, 0.1) is 0 Å². The van der Waals surface area contributed by atoms with Crippen molar-refractivity contribution in [3.63, 3.8) is 0 Å². The van der Waals surface area contributed by atoms with Crippen LogP contribution in [0.1, 0.15) is 53.0 Å². The first kappa shape index (κ1) is 26.8. The molecule has 2 aromatic carbocycles. The first-order valence-corrected chi connectivity index (χ1v) is 12.8. The average molecular weight is 537 g/mol. The van der Waals surface area contributed by atoms with E-state index >= 15 is 0 Å². The minimum absolute atomic E-state index is 0.0444. The number of esters is 1. The molecule has 3 aromatic rings. The summed E-state index contributed by atoms with van der Waals surface area (Å²) in [6.07, 6.45) is 0.0909. The second kappa shape index (κ2) is 11.4. The average Bonchev–Trinajstić information content (AvgIpc) is 3.50. The molecular formula is C27H28N4O6S. The smallest absolute Gasteiger partial charge is 0.357 e. The molecule has 1 aromatic heterocycles. The number of thiazole rings is 1. The number of hydrogen-bond acceptors (Lipinski definition) is 8. The number of urea groups is 1. The lowest BCUT2D eigenvalue weighted by molar-refractivity contribution is -0.134. The number of nitrogens with zero attached hydrogens (tertiary/aromatic N) is 2. The molecule has 2 atom stereocenters. The number of hydrogen-bond donors (Lipinski definition) is 2. The maximum absolute atomic E-state index is 13.6. The first-order valence-electron chi connectivity index (χ1n) is 11.9. The molecule has 2 heterocycles. The van der Waals surface area contributed by atoms with E-state index in [-0.39, 0.29) is 23.2 Å². The van der Waals surface area contributed by atoms with Crippen LogP contribution in [0.5, 0.6) is 5.75 Å². The van der Waals surface area contributed by atoms with Gasteiger partial charge < -0.3 is 20.1 Å². The Morgan fingerprint density at radius 2 is 1.87 bits per heavy atom. The number of benzene rings is 2. The fourth-order valence-corrected chi connectivity index (χ4v) is 4.94. The van der Waals surface area contributed by atoms with Gasteiger partial charge in [-0.15, -0.1) is 11.3 Å². The van der Waals surface area contributed by atoms with Gasteiger partial charge in [-0.05, 0) is 34.7 Å². The number of methoxy groups -OCH3 is 2. The number of imide groups is 1. The zero-order valence-electron chi connectivity index (χ0n) is 21.4. The third kappa shape index (κ3) is 5.52. The van der Waals surface area contributed by atoms with Crippen LogP contribution in [-0.4, -0.2) is 54.0 Å². The number of nitrogens with one attached hydrogen (secondary N) is 2. The highest BCUT2D eigenvalue weighted by molar-refractivity contribution is 7.14. The molecule has 0 spiro atoms. The molecule has 1 fully saturated rings. The Bertz CT molecular complexity index is 1360.